The quantitative estimate of drug-likeness (QED) is 0.553. The molecule has 0 N–H and O–H groups in total. The second-order valence-corrected chi connectivity index (χ2v) is 5.57. The largest absolute Gasteiger partial charge is 0.246 e. The first kappa shape index (κ1) is 13.5. The molecule has 4 heteroatoms. The zero-order valence-electron chi connectivity index (χ0n) is 10.4. The Morgan fingerprint density at radius 1 is 1.10 bits per heavy atom. The van der Waals surface area contributed by atoms with Crippen molar-refractivity contribution in [3.8, 4) is 11.3 Å². The van der Waals surface area contributed by atoms with Crippen molar-refractivity contribution in [2.24, 2.45) is 0 Å². The maximum Gasteiger partial charge on any atom is 0.123 e. The molecule has 0 aliphatic heterocycles. The van der Waals surface area contributed by atoms with E-state index in [0.29, 0.717) is 5.88 Å². The Labute approximate surface area is 129 Å². The van der Waals surface area contributed by atoms with Crippen LogP contribution in [0, 0.1) is 5.82 Å². The number of alkyl halides is 1. The maximum absolute atomic E-state index is 13.4. The summed E-state index contributed by atoms with van der Waals surface area (Å²) in [6.07, 6.45) is 0. The van der Waals surface area contributed by atoms with Crippen LogP contribution in [-0.4, -0.2) is 4.98 Å². The molecule has 0 amide bonds. The molecule has 0 bridgehead atoms. The molecule has 0 spiro atoms. The van der Waals surface area contributed by atoms with Crippen molar-refractivity contribution in [2.45, 2.75) is 5.88 Å². The minimum atomic E-state index is -0.281. The highest BCUT2D eigenvalue weighted by atomic mass is 79.9. The number of aromatic nitrogens is 1. The average molecular weight is 351 g/mol. The van der Waals surface area contributed by atoms with Crippen molar-refractivity contribution in [1.29, 1.82) is 0 Å². The van der Waals surface area contributed by atoms with Gasteiger partial charge in [-0.15, -0.1) is 11.6 Å². The number of halogens is 3. The predicted molar refractivity (Wildman–Crippen MR) is 84.4 cm³/mol. The average Bonchev–Trinajstić information content (AvgIpc) is 2.46. The summed E-state index contributed by atoms with van der Waals surface area (Å²) in [5, 5.41) is 1.01. The SMILES string of the molecule is Fc1cccc(-c2nc3c(Br)cccc3cc2CCl)c1. The van der Waals surface area contributed by atoms with Crippen LogP contribution in [0.25, 0.3) is 22.2 Å². The molecule has 3 aromatic rings. The zero-order valence-corrected chi connectivity index (χ0v) is 12.7. The van der Waals surface area contributed by atoms with Gasteiger partial charge in [-0.1, -0.05) is 24.3 Å². The highest BCUT2D eigenvalue weighted by molar-refractivity contribution is 9.10. The molecule has 2 aromatic carbocycles. The lowest BCUT2D eigenvalue weighted by molar-refractivity contribution is 0.628. The van der Waals surface area contributed by atoms with Gasteiger partial charge in [0.1, 0.15) is 5.82 Å². The minimum absolute atomic E-state index is 0.281. The van der Waals surface area contributed by atoms with Gasteiger partial charge < -0.3 is 0 Å². The van der Waals surface area contributed by atoms with Gasteiger partial charge in [0.15, 0.2) is 0 Å². The number of hydrogen-bond donors (Lipinski definition) is 0. The molecule has 3 rings (SSSR count). The van der Waals surface area contributed by atoms with Gasteiger partial charge in [0, 0.05) is 21.3 Å². The highest BCUT2D eigenvalue weighted by Crippen LogP contribution is 2.30. The summed E-state index contributed by atoms with van der Waals surface area (Å²) in [5.41, 5.74) is 3.20. The second kappa shape index (κ2) is 5.51. The van der Waals surface area contributed by atoms with Crippen molar-refractivity contribution in [1.82, 2.24) is 4.98 Å². The normalized spacial score (nSPS) is 10.9. The van der Waals surface area contributed by atoms with E-state index in [4.69, 9.17) is 11.6 Å². The smallest absolute Gasteiger partial charge is 0.123 e. The van der Waals surface area contributed by atoms with E-state index >= 15 is 0 Å². The van der Waals surface area contributed by atoms with E-state index in [-0.39, 0.29) is 5.82 Å². The molecule has 1 aromatic heterocycles. The van der Waals surface area contributed by atoms with E-state index in [2.05, 4.69) is 20.9 Å². The number of nitrogens with zero attached hydrogens (tertiary/aromatic N) is 1. The van der Waals surface area contributed by atoms with Gasteiger partial charge in [0.2, 0.25) is 0 Å². The Bertz CT molecular complexity index is 789. The zero-order chi connectivity index (χ0) is 14.1. The summed E-state index contributed by atoms with van der Waals surface area (Å²) in [7, 11) is 0. The highest BCUT2D eigenvalue weighted by Gasteiger charge is 2.10. The van der Waals surface area contributed by atoms with Gasteiger partial charge in [-0.3, -0.25) is 0 Å². The Morgan fingerprint density at radius 2 is 1.90 bits per heavy atom. The van der Waals surface area contributed by atoms with E-state index < -0.39 is 0 Å². The molecular weight excluding hydrogens is 341 g/mol. The molecule has 0 saturated carbocycles. The standard InChI is InChI=1S/C16H10BrClFN/c17-14-6-2-4-10-7-12(9-18)15(20-16(10)14)11-3-1-5-13(19)8-11/h1-8H,9H2. The van der Waals surface area contributed by atoms with Crippen LogP contribution in [0.15, 0.2) is 53.0 Å². The summed E-state index contributed by atoms with van der Waals surface area (Å²) in [5.74, 6) is 0.0541. The van der Waals surface area contributed by atoms with Gasteiger partial charge in [-0.25, -0.2) is 9.37 Å². The monoisotopic (exact) mass is 349 g/mol. The molecule has 0 unspecified atom stereocenters. The summed E-state index contributed by atoms with van der Waals surface area (Å²) >= 11 is 9.51. The summed E-state index contributed by atoms with van der Waals surface area (Å²) in [4.78, 5) is 4.66. The molecule has 1 heterocycles. The number of hydrogen-bond acceptors (Lipinski definition) is 1. The summed E-state index contributed by atoms with van der Waals surface area (Å²) in [6.45, 7) is 0. The van der Waals surface area contributed by atoms with E-state index in [1.807, 2.05) is 30.3 Å². The van der Waals surface area contributed by atoms with Gasteiger partial charge >= 0.3 is 0 Å². The van der Waals surface area contributed by atoms with Crippen LogP contribution >= 0.6 is 27.5 Å². The van der Waals surface area contributed by atoms with Crippen LogP contribution in [-0.2, 0) is 5.88 Å². The van der Waals surface area contributed by atoms with Crippen LogP contribution in [0.3, 0.4) is 0 Å². The van der Waals surface area contributed by atoms with E-state index in [0.717, 1.165) is 32.2 Å². The fourth-order valence-electron chi connectivity index (χ4n) is 2.19. The number of fused-ring (bicyclic) bond motifs is 1. The minimum Gasteiger partial charge on any atom is -0.246 e. The third kappa shape index (κ3) is 2.43. The van der Waals surface area contributed by atoms with Gasteiger partial charge in [0.25, 0.3) is 0 Å². The van der Waals surface area contributed by atoms with Crippen molar-refractivity contribution in [3.05, 3.63) is 64.4 Å². The Balaban J connectivity index is 2.31. The molecule has 20 heavy (non-hydrogen) atoms. The molecule has 1 nitrogen and oxygen atoms in total. The summed E-state index contributed by atoms with van der Waals surface area (Å²) < 4.78 is 14.3. The van der Waals surface area contributed by atoms with Gasteiger partial charge in [0.05, 0.1) is 11.2 Å². The molecule has 0 saturated heterocycles. The van der Waals surface area contributed by atoms with Crippen molar-refractivity contribution >= 4 is 38.4 Å². The number of benzene rings is 2. The van der Waals surface area contributed by atoms with Crippen LogP contribution in [0.5, 0.6) is 0 Å². The van der Waals surface area contributed by atoms with Crippen molar-refractivity contribution in [2.75, 3.05) is 0 Å². The second-order valence-electron chi connectivity index (χ2n) is 4.45. The third-order valence-electron chi connectivity index (χ3n) is 3.12. The lowest BCUT2D eigenvalue weighted by Gasteiger charge is -2.10. The topological polar surface area (TPSA) is 12.9 Å². The van der Waals surface area contributed by atoms with Crippen LogP contribution < -0.4 is 0 Å². The van der Waals surface area contributed by atoms with Gasteiger partial charge in [-0.05, 0) is 45.8 Å². The Kier molecular flexibility index (Phi) is 3.72. The summed E-state index contributed by atoms with van der Waals surface area (Å²) in [6, 6.07) is 14.3. The molecular formula is C16H10BrClFN. The van der Waals surface area contributed by atoms with Crippen molar-refractivity contribution < 1.29 is 4.39 Å². The first-order chi connectivity index (χ1) is 9.69. The Hall–Kier alpha value is -1.45. The number of pyridine rings is 1. The van der Waals surface area contributed by atoms with Crippen LogP contribution in [0.4, 0.5) is 4.39 Å². The molecule has 0 atom stereocenters. The van der Waals surface area contributed by atoms with E-state index in [1.165, 1.54) is 12.1 Å². The first-order valence-corrected chi connectivity index (χ1v) is 7.42. The van der Waals surface area contributed by atoms with E-state index in [9.17, 15) is 4.39 Å². The van der Waals surface area contributed by atoms with Crippen LogP contribution in [0.1, 0.15) is 5.56 Å². The number of para-hydroxylation sites is 1. The maximum atomic E-state index is 13.4. The molecule has 0 radical (unpaired) electrons. The molecule has 0 aliphatic rings. The fourth-order valence-corrected chi connectivity index (χ4v) is 2.87. The fraction of sp³-hybridized carbons (Fsp3) is 0.0625. The van der Waals surface area contributed by atoms with E-state index in [1.54, 1.807) is 6.07 Å². The molecule has 100 valence electrons. The lowest BCUT2D eigenvalue weighted by atomic mass is 10.0. The molecule has 0 fully saturated rings. The molecule has 0 aliphatic carbocycles. The van der Waals surface area contributed by atoms with Crippen LogP contribution in [0.2, 0.25) is 0 Å². The first-order valence-electron chi connectivity index (χ1n) is 6.09. The lowest BCUT2D eigenvalue weighted by Crippen LogP contribution is -1.93. The van der Waals surface area contributed by atoms with Crippen molar-refractivity contribution in [3.63, 3.8) is 0 Å². The predicted octanol–water partition coefficient (Wildman–Crippen LogP) is 5.54. The van der Waals surface area contributed by atoms with Gasteiger partial charge in [-0.2, -0.15) is 0 Å². The Morgan fingerprint density at radius 3 is 2.65 bits per heavy atom. The third-order valence-corrected chi connectivity index (χ3v) is 4.05. The number of rotatable bonds is 2.